The smallest absolute Gasteiger partial charge is 0.382 e. The van der Waals surface area contributed by atoms with E-state index in [9.17, 15) is 22.4 Å². The van der Waals surface area contributed by atoms with Gasteiger partial charge in [-0.05, 0) is 24.5 Å². The fourth-order valence-corrected chi connectivity index (χ4v) is 2.41. The number of alkyl halides is 3. The zero-order chi connectivity index (χ0) is 17.3. The van der Waals surface area contributed by atoms with Crippen molar-refractivity contribution in [3.63, 3.8) is 0 Å². The number of carbonyl (C=O) groups excluding carboxylic acids is 1. The van der Waals surface area contributed by atoms with Crippen LogP contribution in [0.3, 0.4) is 0 Å². The lowest BCUT2D eigenvalue weighted by molar-refractivity contribution is -0.205. The number of urea groups is 1. The second kappa shape index (κ2) is 6.35. The quantitative estimate of drug-likeness (QED) is 0.813. The normalized spacial score (nSPS) is 17.5. The first-order valence-corrected chi connectivity index (χ1v) is 7.14. The van der Waals surface area contributed by atoms with Crippen LogP contribution in [0.25, 0.3) is 0 Å². The molecule has 23 heavy (non-hydrogen) atoms. The van der Waals surface area contributed by atoms with Gasteiger partial charge in [0, 0.05) is 19.0 Å². The summed E-state index contributed by atoms with van der Waals surface area (Å²) >= 11 is 0. The molecule has 4 nitrogen and oxygen atoms in total. The Labute approximate surface area is 131 Å². The third kappa shape index (κ3) is 4.13. The molecule has 0 heterocycles. The predicted octanol–water partition coefficient (Wildman–Crippen LogP) is 2.42. The van der Waals surface area contributed by atoms with Crippen LogP contribution in [0, 0.1) is 5.82 Å². The van der Waals surface area contributed by atoms with E-state index in [-0.39, 0.29) is 12.4 Å². The Morgan fingerprint density at radius 1 is 1.39 bits per heavy atom. The fourth-order valence-electron chi connectivity index (χ4n) is 2.41. The molecule has 1 saturated carbocycles. The molecule has 1 aromatic carbocycles. The zero-order valence-electron chi connectivity index (χ0n) is 12.5. The predicted molar refractivity (Wildman–Crippen MR) is 75.4 cm³/mol. The van der Waals surface area contributed by atoms with Crippen molar-refractivity contribution >= 4 is 6.03 Å². The molecular formula is C15H18F4N2O2. The van der Waals surface area contributed by atoms with Crippen LogP contribution in [-0.2, 0) is 5.41 Å². The summed E-state index contributed by atoms with van der Waals surface area (Å²) in [5.74, 6) is -0.361. The second-order valence-corrected chi connectivity index (χ2v) is 5.86. The highest BCUT2D eigenvalue weighted by molar-refractivity contribution is 5.74. The highest BCUT2D eigenvalue weighted by Gasteiger charge is 2.46. The maximum atomic E-state index is 13.8. The molecule has 0 spiro atoms. The molecule has 2 N–H and O–H groups in total. The fraction of sp³-hybridized carbons (Fsp3) is 0.533. The van der Waals surface area contributed by atoms with Crippen LogP contribution in [0.1, 0.15) is 18.4 Å². The number of benzene rings is 1. The molecule has 0 aliphatic heterocycles. The molecule has 0 bridgehead atoms. The lowest BCUT2D eigenvalue weighted by atomic mass is 9.95. The molecule has 128 valence electrons. The average molecular weight is 334 g/mol. The first-order valence-electron chi connectivity index (χ1n) is 7.14. The van der Waals surface area contributed by atoms with Crippen LogP contribution in [0.2, 0.25) is 0 Å². The van der Waals surface area contributed by atoms with Crippen LogP contribution in [0.5, 0.6) is 0 Å². The number of likely N-dealkylation sites (N-methyl/N-ethyl adjacent to an activating group) is 1. The van der Waals surface area contributed by atoms with Crippen LogP contribution in [0.15, 0.2) is 24.3 Å². The van der Waals surface area contributed by atoms with Gasteiger partial charge in [-0.25, -0.2) is 9.18 Å². The molecule has 0 aromatic heterocycles. The highest BCUT2D eigenvalue weighted by Crippen LogP contribution is 2.48. The minimum absolute atomic E-state index is 0.138. The third-order valence-corrected chi connectivity index (χ3v) is 4.05. The summed E-state index contributed by atoms with van der Waals surface area (Å²) in [7, 11) is 1.16. The Balaban J connectivity index is 1.91. The summed E-state index contributed by atoms with van der Waals surface area (Å²) < 4.78 is 50.7. The van der Waals surface area contributed by atoms with Crippen molar-refractivity contribution in [1.29, 1.82) is 0 Å². The first-order chi connectivity index (χ1) is 10.7. The van der Waals surface area contributed by atoms with E-state index in [1.54, 1.807) is 18.2 Å². The molecule has 1 fully saturated rings. The maximum Gasteiger partial charge on any atom is 0.416 e. The number of halogens is 4. The molecule has 1 unspecified atom stereocenters. The van der Waals surface area contributed by atoms with Gasteiger partial charge in [0.1, 0.15) is 5.82 Å². The van der Waals surface area contributed by atoms with Crippen molar-refractivity contribution in [2.75, 3.05) is 20.1 Å². The summed E-state index contributed by atoms with van der Waals surface area (Å²) in [6.45, 7) is -0.721. The van der Waals surface area contributed by atoms with Crippen molar-refractivity contribution < 1.29 is 27.5 Å². The molecule has 1 aliphatic rings. The largest absolute Gasteiger partial charge is 0.416 e. The van der Waals surface area contributed by atoms with E-state index >= 15 is 0 Å². The summed E-state index contributed by atoms with van der Waals surface area (Å²) in [6, 6.07) is 5.51. The van der Waals surface area contributed by atoms with E-state index in [4.69, 9.17) is 5.11 Å². The van der Waals surface area contributed by atoms with E-state index in [1.165, 1.54) is 6.07 Å². The van der Waals surface area contributed by atoms with E-state index in [0.717, 1.165) is 11.9 Å². The van der Waals surface area contributed by atoms with Gasteiger partial charge in [-0.15, -0.1) is 0 Å². The maximum absolute atomic E-state index is 13.8. The van der Waals surface area contributed by atoms with Gasteiger partial charge in [0.05, 0.1) is 6.54 Å². The van der Waals surface area contributed by atoms with Gasteiger partial charge >= 0.3 is 12.2 Å². The van der Waals surface area contributed by atoms with E-state index in [2.05, 4.69) is 5.32 Å². The molecule has 8 heteroatoms. The first kappa shape index (κ1) is 17.5. The number of nitrogens with one attached hydrogen (secondary N) is 1. The number of nitrogens with zero attached hydrogens (tertiary/aromatic N) is 1. The Morgan fingerprint density at radius 3 is 2.52 bits per heavy atom. The molecule has 2 amide bonds. The Kier molecular flexibility index (Phi) is 4.84. The molecule has 1 atom stereocenters. The van der Waals surface area contributed by atoms with Crippen molar-refractivity contribution in [2.24, 2.45) is 0 Å². The highest BCUT2D eigenvalue weighted by atomic mass is 19.4. The van der Waals surface area contributed by atoms with Gasteiger partial charge in [-0.2, -0.15) is 13.2 Å². The lowest BCUT2D eigenvalue weighted by Crippen LogP contribution is -2.47. The molecule has 1 aliphatic carbocycles. The minimum Gasteiger partial charge on any atom is -0.382 e. The number of carbonyl (C=O) groups is 1. The van der Waals surface area contributed by atoms with Gasteiger partial charge in [0.15, 0.2) is 6.10 Å². The van der Waals surface area contributed by atoms with Crippen LogP contribution >= 0.6 is 0 Å². The van der Waals surface area contributed by atoms with E-state index in [1.807, 2.05) is 0 Å². The minimum atomic E-state index is -4.78. The van der Waals surface area contributed by atoms with Crippen molar-refractivity contribution in [3.8, 4) is 0 Å². The molecule has 0 saturated heterocycles. The van der Waals surface area contributed by atoms with Gasteiger partial charge in [-0.3, -0.25) is 0 Å². The number of amides is 2. The van der Waals surface area contributed by atoms with E-state index < -0.39 is 30.3 Å². The second-order valence-electron chi connectivity index (χ2n) is 5.86. The number of hydrogen-bond acceptors (Lipinski definition) is 2. The standard InChI is InChI=1S/C15H18F4N2O2/c1-21(8-12(22)15(17,18)19)13(23)20-9-14(6-7-14)10-4-2-3-5-11(10)16/h2-5,12,22H,6-9H2,1H3,(H,20,23). The average Bonchev–Trinajstić information content (AvgIpc) is 3.25. The summed E-state index contributed by atoms with van der Waals surface area (Å²) in [4.78, 5) is 12.6. The van der Waals surface area contributed by atoms with Crippen molar-refractivity contribution in [2.45, 2.75) is 30.5 Å². The zero-order valence-corrected chi connectivity index (χ0v) is 12.5. The molecule has 1 aromatic rings. The van der Waals surface area contributed by atoms with Gasteiger partial charge in [-0.1, -0.05) is 18.2 Å². The monoisotopic (exact) mass is 334 g/mol. The molecular weight excluding hydrogens is 316 g/mol. The van der Waals surface area contributed by atoms with Gasteiger partial charge in [0.25, 0.3) is 0 Å². The Morgan fingerprint density at radius 2 is 2.00 bits per heavy atom. The summed E-state index contributed by atoms with van der Waals surface area (Å²) in [5.41, 5.74) is 0.00286. The number of aliphatic hydroxyl groups excluding tert-OH is 1. The summed E-state index contributed by atoms with van der Waals surface area (Å²) in [5, 5.41) is 11.5. The topological polar surface area (TPSA) is 52.6 Å². The Hall–Kier alpha value is -1.83. The number of hydrogen-bond donors (Lipinski definition) is 2. The van der Waals surface area contributed by atoms with Crippen LogP contribution in [0.4, 0.5) is 22.4 Å². The van der Waals surface area contributed by atoms with Crippen molar-refractivity contribution in [1.82, 2.24) is 10.2 Å². The lowest BCUT2D eigenvalue weighted by Gasteiger charge is -2.24. The van der Waals surface area contributed by atoms with Gasteiger partial charge < -0.3 is 15.3 Å². The number of aliphatic hydroxyl groups is 1. The summed E-state index contributed by atoms with van der Waals surface area (Å²) in [6.07, 6.45) is -5.98. The molecule has 2 rings (SSSR count). The SMILES string of the molecule is CN(CC(O)C(F)(F)F)C(=O)NCC1(c2ccccc2F)CC1. The Bertz CT molecular complexity index is 573. The van der Waals surface area contributed by atoms with Gasteiger partial charge in [0.2, 0.25) is 0 Å². The van der Waals surface area contributed by atoms with E-state index in [0.29, 0.717) is 18.4 Å². The molecule has 0 radical (unpaired) electrons. The number of rotatable bonds is 5. The van der Waals surface area contributed by atoms with Crippen molar-refractivity contribution in [3.05, 3.63) is 35.6 Å². The van der Waals surface area contributed by atoms with Crippen LogP contribution in [-0.4, -0.2) is 48.5 Å². The third-order valence-electron chi connectivity index (χ3n) is 4.05. The van der Waals surface area contributed by atoms with Crippen LogP contribution < -0.4 is 5.32 Å².